The molecular formula is C23H21BrN4O2. The molecule has 2 aromatic carbocycles. The van der Waals surface area contributed by atoms with E-state index in [2.05, 4.69) is 26.3 Å². The molecule has 0 aliphatic heterocycles. The highest BCUT2D eigenvalue weighted by Gasteiger charge is 2.24. The summed E-state index contributed by atoms with van der Waals surface area (Å²) >= 11 is 3.45. The molecule has 0 aliphatic carbocycles. The molecule has 0 unspecified atom stereocenters. The van der Waals surface area contributed by atoms with Crippen molar-refractivity contribution in [2.45, 2.75) is 26.8 Å². The number of hydrogen-bond acceptors (Lipinski definition) is 3. The lowest BCUT2D eigenvalue weighted by atomic mass is 10.2. The third kappa shape index (κ3) is 3.35. The predicted octanol–water partition coefficient (Wildman–Crippen LogP) is 4.77. The number of aryl methyl sites for hydroxylation is 2. The number of nitrogens with zero attached hydrogens (tertiary/aromatic N) is 3. The van der Waals surface area contributed by atoms with Crippen molar-refractivity contribution in [2.75, 3.05) is 5.32 Å². The maximum absolute atomic E-state index is 13.2. The number of fused-ring (bicyclic) bond motifs is 1. The van der Waals surface area contributed by atoms with E-state index in [0.29, 0.717) is 16.8 Å². The molecular weight excluding hydrogens is 444 g/mol. The summed E-state index contributed by atoms with van der Waals surface area (Å²) in [4.78, 5) is 26.2. The maximum Gasteiger partial charge on any atom is 0.281 e. The van der Waals surface area contributed by atoms with Gasteiger partial charge in [-0.2, -0.15) is 9.78 Å². The summed E-state index contributed by atoms with van der Waals surface area (Å²) in [6.07, 6.45) is 1.70. The second-order valence-corrected chi connectivity index (χ2v) is 8.03. The van der Waals surface area contributed by atoms with Crippen LogP contribution in [0, 0.1) is 13.8 Å². The topological polar surface area (TPSA) is 68.9 Å². The number of carbonyl (C=O) groups excluding carboxylic acids is 1. The van der Waals surface area contributed by atoms with Crippen LogP contribution in [0.1, 0.15) is 24.4 Å². The molecule has 4 aromatic rings. The first-order valence-electron chi connectivity index (χ1n) is 9.60. The summed E-state index contributed by atoms with van der Waals surface area (Å²) in [6, 6.07) is 16.3. The first-order valence-corrected chi connectivity index (χ1v) is 10.4. The number of para-hydroxylation sites is 2. The fourth-order valence-electron chi connectivity index (χ4n) is 3.83. The number of carbonyl (C=O) groups is 1. The molecule has 0 spiro atoms. The van der Waals surface area contributed by atoms with Crippen LogP contribution >= 0.6 is 15.9 Å². The van der Waals surface area contributed by atoms with Gasteiger partial charge in [0.1, 0.15) is 6.04 Å². The van der Waals surface area contributed by atoms with Gasteiger partial charge in [0.25, 0.3) is 5.56 Å². The highest BCUT2D eigenvalue weighted by molar-refractivity contribution is 9.10. The first kappa shape index (κ1) is 20.1. The lowest BCUT2D eigenvalue weighted by molar-refractivity contribution is -0.118. The quantitative estimate of drug-likeness (QED) is 0.472. The van der Waals surface area contributed by atoms with Crippen LogP contribution in [-0.2, 0) is 4.79 Å². The molecule has 2 heterocycles. The van der Waals surface area contributed by atoms with Gasteiger partial charge >= 0.3 is 0 Å². The summed E-state index contributed by atoms with van der Waals surface area (Å²) in [5, 5.41) is 8.64. The van der Waals surface area contributed by atoms with E-state index >= 15 is 0 Å². The molecule has 7 heteroatoms. The Hall–Kier alpha value is -3.19. The van der Waals surface area contributed by atoms with Crippen molar-refractivity contribution in [3.63, 3.8) is 0 Å². The number of rotatable bonds is 4. The van der Waals surface area contributed by atoms with Gasteiger partial charge in [0.15, 0.2) is 0 Å². The van der Waals surface area contributed by atoms with Gasteiger partial charge in [-0.3, -0.25) is 9.59 Å². The van der Waals surface area contributed by atoms with Crippen LogP contribution in [0.15, 0.2) is 70.1 Å². The van der Waals surface area contributed by atoms with E-state index in [-0.39, 0.29) is 11.5 Å². The Morgan fingerprint density at radius 2 is 1.70 bits per heavy atom. The third-order valence-electron chi connectivity index (χ3n) is 5.35. The van der Waals surface area contributed by atoms with Crippen molar-refractivity contribution in [1.29, 1.82) is 0 Å². The SMILES string of the molecule is Cc1c2cnn(-c3ccccc3)c(=O)c2c(C)n1[C@@H](C)C(=O)Nc1ccccc1Br. The molecule has 2 aromatic heterocycles. The molecule has 0 radical (unpaired) electrons. The Bertz CT molecular complexity index is 1310. The van der Waals surface area contributed by atoms with E-state index in [1.165, 1.54) is 4.68 Å². The molecule has 0 saturated carbocycles. The fourth-order valence-corrected chi connectivity index (χ4v) is 4.21. The number of nitrogens with one attached hydrogen (secondary N) is 1. The van der Waals surface area contributed by atoms with Gasteiger partial charge < -0.3 is 9.88 Å². The van der Waals surface area contributed by atoms with Crippen molar-refractivity contribution < 1.29 is 4.79 Å². The Balaban J connectivity index is 1.78. The van der Waals surface area contributed by atoms with Crippen LogP contribution in [0.5, 0.6) is 0 Å². The zero-order chi connectivity index (χ0) is 21.4. The van der Waals surface area contributed by atoms with Crippen molar-refractivity contribution in [3.05, 3.63) is 87.0 Å². The molecule has 152 valence electrons. The molecule has 0 aliphatic rings. The molecule has 6 nitrogen and oxygen atoms in total. The average molecular weight is 465 g/mol. The van der Waals surface area contributed by atoms with Gasteiger partial charge in [-0.15, -0.1) is 0 Å². The van der Waals surface area contributed by atoms with Gasteiger partial charge in [-0.25, -0.2) is 0 Å². The van der Waals surface area contributed by atoms with Crippen LogP contribution in [-0.4, -0.2) is 20.3 Å². The lowest BCUT2D eigenvalue weighted by Gasteiger charge is -2.18. The molecule has 4 rings (SSSR count). The van der Waals surface area contributed by atoms with Crippen molar-refractivity contribution in [2.24, 2.45) is 0 Å². The molecule has 0 saturated heterocycles. The molecule has 1 N–H and O–H groups in total. The maximum atomic E-state index is 13.2. The van der Waals surface area contributed by atoms with Gasteiger partial charge in [0, 0.05) is 21.2 Å². The molecule has 0 fully saturated rings. The molecule has 1 atom stereocenters. The van der Waals surface area contributed by atoms with E-state index in [1.807, 2.05) is 79.9 Å². The smallest absolute Gasteiger partial charge is 0.281 e. The normalized spacial score (nSPS) is 12.1. The number of amides is 1. The van der Waals surface area contributed by atoms with Gasteiger partial charge in [0.05, 0.1) is 23.0 Å². The highest BCUT2D eigenvalue weighted by Crippen LogP contribution is 2.28. The number of benzene rings is 2. The van der Waals surface area contributed by atoms with E-state index in [0.717, 1.165) is 21.2 Å². The summed E-state index contributed by atoms with van der Waals surface area (Å²) < 4.78 is 4.10. The zero-order valence-corrected chi connectivity index (χ0v) is 18.5. The van der Waals surface area contributed by atoms with Crippen molar-refractivity contribution >= 4 is 38.3 Å². The summed E-state index contributed by atoms with van der Waals surface area (Å²) in [5.41, 5.74) is 2.79. The second kappa shape index (κ2) is 7.91. The van der Waals surface area contributed by atoms with E-state index in [9.17, 15) is 9.59 Å². The highest BCUT2D eigenvalue weighted by atomic mass is 79.9. The van der Waals surface area contributed by atoms with Crippen molar-refractivity contribution in [3.8, 4) is 5.69 Å². The van der Waals surface area contributed by atoms with Crippen LogP contribution in [0.3, 0.4) is 0 Å². The number of anilines is 1. The minimum atomic E-state index is -0.505. The minimum Gasteiger partial charge on any atom is -0.336 e. The van der Waals surface area contributed by atoms with Crippen LogP contribution < -0.4 is 10.9 Å². The number of halogens is 1. The Morgan fingerprint density at radius 1 is 1.03 bits per heavy atom. The Labute approximate surface area is 182 Å². The predicted molar refractivity (Wildman–Crippen MR) is 122 cm³/mol. The average Bonchev–Trinajstić information content (AvgIpc) is 3.00. The van der Waals surface area contributed by atoms with E-state index in [1.54, 1.807) is 6.20 Å². The number of hydrogen-bond donors (Lipinski definition) is 1. The van der Waals surface area contributed by atoms with Gasteiger partial charge in [0.2, 0.25) is 5.91 Å². The summed E-state index contributed by atoms with van der Waals surface area (Å²) in [7, 11) is 0. The Kier molecular flexibility index (Phi) is 5.30. The van der Waals surface area contributed by atoms with Crippen LogP contribution in [0.2, 0.25) is 0 Å². The lowest BCUT2D eigenvalue weighted by Crippen LogP contribution is -2.25. The molecule has 30 heavy (non-hydrogen) atoms. The van der Waals surface area contributed by atoms with E-state index < -0.39 is 6.04 Å². The van der Waals surface area contributed by atoms with Crippen LogP contribution in [0.25, 0.3) is 16.5 Å². The molecule has 0 bridgehead atoms. The summed E-state index contributed by atoms with van der Waals surface area (Å²) in [6.45, 7) is 5.61. The van der Waals surface area contributed by atoms with Crippen LogP contribution in [0.4, 0.5) is 5.69 Å². The fraction of sp³-hybridized carbons (Fsp3) is 0.174. The van der Waals surface area contributed by atoms with Crippen molar-refractivity contribution in [1.82, 2.24) is 14.3 Å². The minimum absolute atomic E-state index is 0.162. The number of aromatic nitrogens is 3. The van der Waals surface area contributed by atoms with Gasteiger partial charge in [-0.05, 0) is 61.0 Å². The van der Waals surface area contributed by atoms with E-state index in [4.69, 9.17) is 0 Å². The van der Waals surface area contributed by atoms with Gasteiger partial charge in [-0.1, -0.05) is 30.3 Å². The monoisotopic (exact) mass is 464 g/mol. The molecule has 1 amide bonds. The first-order chi connectivity index (χ1) is 14.4. The Morgan fingerprint density at radius 3 is 2.40 bits per heavy atom. The second-order valence-electron chi connectivity index (χ2n) is 7.17. The summed E-state index contributed by atoms with van der Waals surface area (Å²) in [5.74, 6) is -0.162. The zero-order valence-electron chi connectivity index (χ0n) is 16.9. The standard InChI is InChI=1S/C23H21BrN4O2/c1-14-18-13-25-28(17-9-5-4-6-10-17)23(30)21(18)15(2)27(14)16(3)22(29)26-20-12-8-7-11-19(20)24/h4-13,16H,1-3H3,(H,26,29)/t16-/m0/s1. The third-order valence-corrected chi connectivity index (χ3v) is 6.04. The largest absolute Gasteiger partial charge is 0.336 e.